The number of hydrogen-bond acceptors (Lipinski definition) is 4. The summed E-state index contributed by atoms with van der Waals surface area (Å²) in [5.41, 5.74) is 1.74. The second kappa shape index (κ2) is 7.03. The zero-order chi connectivity index (χ0) is 18.0. The van der Waals surface area contributed by atoms with Crippen molar-refractivity contribution in [2.24, 2.45) is 0 Å². The number of hydrogen-bond donors (Lipinski definition) is 0. The maximum absolute atomic E-state index is 12.6. The van der Waals surface area contributed by atoms with Gasteiger partial charge in [-0.25, -0.2) is 0 Å². The highest BCUT2D eigenvalue weighted by Gasteiger charge is 2.25. The Balaban J connectivity index is 1.92. The van der Waals surface area contributed by atoms with Crippen molar-refractivity contribution in [3.63, 3.8) is 0 Å². The van der Waals surface area contributed by atoms with E-state index in [1.807, 2.05) is 31.1 Å². The maximum atomic E-state index is 12.6. The fourth-order valence-electron chi connectivity index (χ4n) is 2.69. The molecular formula is C18H18ClN3O3. The fraction of sp³-hybridized carbons (Fsp3) is 0.222. The molecule has 0 atom stereocenters. The third-order valence-electron chi connectivity index (χ3n) is 3.88. The molecule has 130 valence electrons. The predicted molar refractivity (Wildman–Crippen MR) is 99.4 cm³/mol. The van der Waals surface area contributed by atoms with Crippen molar-refractivity contribution in [2.45, 2.75) is 0 Å². The Labute approximate surface area is 151 Å². The van der Waals surface area contributed by atoms with E-state index in [9.17, 15) is 10.0 Å². The predicted octanol–water partition coefficient (Wildman–Crippen LogP) is 3.04. The summed E-state index contributed by atoms with van der Waals surface area (Å²) in [6, 6.07) is 12.2. The number of halogens is 1. The van der Waals surface area contributed by atoms with Crippen LogP contribution in [0.25, 0.3) is 0 Å². The lowest BCUT2D eigenvalue weighted by molar-refractivity contribution is -0.353. The summed E-state index contributed by atoms with van der Waals surface area (Å²) < 4.78 is 6.13. The molecule has 0 saturated heterocycles. The summed E-state index contributed by atoms with van der Waals surface area (Å²) in [6.45, 7) is 0.715. The standard InChI is InChI=1S/C18H18ClN3O3/c1-20(2)14-5-3-4-6-15(14)22(24)12-18(23)21-9-10-25-17-11-13(19)7-8-16(17)21/h3-8,11-12H,9-10H2,1-2H3. The number of ether oxygens (including phenoxy) is 1. The van der Waals surface area contributed by atoms with Crippen LogP contribution in [-0.2, 0) is 4.79 Å². The Hall–Kier alpha value is -2.73. The molecule has 0 radical (unpaired) electrons. The van der Waals surface area contributed by atoms with Crippen LogP contribution in [0.1, 0.15) is 0 Å². The first-order chi connectivity index (χ1) is 12.0. The van der Waals surface area contributed by atoms with Gasteiger partial charge in [-0.15, -0.1) is 0 Å². The van der Waals surface area contributed by atoms with Crippen LogP contribution in [0, 0.1) is 5.21 Å². The summed E-state index contributed by atoms with van der Waals surface area (Å²) in [6.07, 6.45) is 1.05. The van der Waals surface area contributed by atoms with E-state index in [1.165, 1.54) is 4.90 Å². The average Bonchev–Trinajstić information content (AvgIpc) is 2.60. The van der Waals surface area contributed by atoms with Crippen molar-refractivity contribution in [3.05, 3.63) is 52.7 Å². The molecule has 7 heteroatoms. The Kier molecular flexibility index (Phi) is 4.81. The highest BCUT2D eigenvalue weighted by molar-refractivity contribution is 6.32. The maximum Gasteiger partial charge on any atom is 0.316 e. The SMILES string of the molecule is CN(C)c1ccccc1[N+]([O-])=CC(=O)N1CCOc2cc(Cl)ccc21. The van der Waals surface area contributed by atoms with Crippen LogP contribution in [0.2, 0.25) is 5.02 Å². The zero-order valence-electron chi connectivity index (χ0n) is 14.0. The Morgan fingerprint density at radius 2 is 2.08 bits per heavy atom. The Morgan fingerprint density at radius 1 is 1.32 bits per heavy atom. The molecule has 1 aliphatic rings. The lowest BCUT2D eigenvalue weighted by atomic mass is 10.2. The molecule has 0 aliphatic carbocycles. The highest BCUT2D eigenvalue weighted by Crippen LogP contribution is 2.34. The van der Waals surface area contributed by atoms with Gasteiger partial charge in [-0.1, -0.05) is 23.7 Å². The number of anilines is 2. The number of para-hydroxylation sites is 2. The first kappa shape index (κ1) is 17.1. The van der Waals surface area contributed by atoms with Crippen LogP contribution in [0.15, 0.2) is 42.5 Å². The largest absolute Gasteiger partial charge is 0.618 e. The highest BCUT2D eigenvalue weighted by atomic mass is 35.5. The van der Waals surface area contributed by atoms with Gasteiger partial charge in [0.05, 0.1) is 12.2 Å². The van der Waals surface area contributed by atoms with Crippen molar-refractivity contribution >= 4 is 40.8 Å². The van der Waals surface area contributed by atoms with Gasteiger partial charge in [-0.05, 0) is 18.2 Å². The van der Waals surface area contributed by atoms with Gasteiger partial charge in [0.15, 0.2) is 0 Å². The van der Waals surface area contributed by atoms with Crippen LogP contribution < -0.4 is 14.5 Å². The summed E-state index contributed by atoms with van der Waals surface area (Å²) in [5, 5.41) is 13.1. The van der Waals surface area contributed by atoms with Gasteiger partial charge in [-0.2, -0.15) is 4.74 Å². The second-order valence-corrected chi connectivity index (χ2v) is 6.22. The summed E-state index contributed by atoms with van der Waals surface area (Å²) in [4.78, 5) is 16.0. The van der Waals surface area contributed by atoms with Crippen LogP contribution >= 0.6 is 11.6 Å². The van der Waals surface area contributed by atoms with E-state index < -0.39 is 5.91 Å². The van der Waals surface area contributed by atoms with Crippen molar-refractivity contribution in [1.29, 1.82) is 0 Å². The zero-order valence-corrected chi connectivity index (χ0v) is 14.7. The van der Waals surface area contributed by atoms with Crippen molar-refractivity contribution < 1.29 is 14.3 Å². The second-order valence-electron chi connectivity index (χ2n) is 5.79. The first-order valence-corrected chi connectivity index (χ1v) is 8.16. The van der Waals surface area contributed by atoms with Crippen LogP contribution in [0.3, 0.4) is 0 Å². The monoisotopic (exact) mass is 359 g/mol. The number of amides is 1. The van der Waals surface area contributed by atoms with E-state index in [1.54, 1.807) is 30.3 Å². The summed E-state index contributed by atoms with van der Waals surface area (Å²) in [7, 11) is 3.69. The molecule has 3 rings (SSSR count). The van der Waals surface area contributed by atoms with E-state index in [0.717, 1.165) is 11.9 Å². The molecule has 2 aromatic carbocycles. The van der Waals surface area contributed by atoms with Crippen molar-refractivity contribution in [3.8, 4) is 5.75 Å². The minimum Gasteiger partial charge on any atom is -0.618 e. The number of carbonyl (C=O) groups is 1. The minimum absolute atomic E-state index is 0.347. The Bertz CT molecular complexity index is 836. The fourth-order valence-corrected chi connectivity index (χ4v) is 2.85. The van der Waals surface area contributed by atoms with E-state index in [2.05, 4.69) is 0 Å². The van der Waals surface area contributed by atoms with Gasteiger partial charge in [0.1, 0.15) is 18.0 Å². The summed E-state index contributed by atoms with van der Waals surface area (Å²) in [5.74, 6) is 0.127. The van der Waals surface area contributed by atoms with Gasteiger partial charge in [-0.3, -0.25) is 9.69 Å². The quantitative estimate of drug-likeness (QED) is 0.366. The molecule has 6 nitrogen and oxygen atoms in total. The van der Waals surface area contributed by atoms with E-state index in [4.69, 9.17) is 16.3 Å². The van der Waals surface area contributed by atoms with Crippen LogP contribution in [-0.4, -0.2) is 44.1 Å². The van der Waals surface area contributed by atoms with E-state index >= 15 is 0 Å². The smallest absolute Gasteiger partial charge is 0.316 e. The van der Waals surface area contributed by atoms with Gasteiger partial charge < -0.3 is 14.8 Å². The molecule has 1 heterocycles. The Morgan fingerprint density at radius 3 is 2.84 bits per heavy atom. The van der Waals surface area contributed by atoms with Crippen molar-refractivity contribution in [1.82, 2.24) is 0 Å². The van der Waals surface area contributed by atoms with E-state index in [-0.39, 0.29) is 0 Å². The van der Waals surface area contributed by atoms with Crippen LogP contribution in [0.4, 0.5) is 17.1 Å². The average molecular weight is 360 g/mol. The van der Waals surface area contributed by atoms with Gasteiger partial charge >= 0.3 is 5.91 Å². The molecule has 0 unspecified atom stereocenters. The topological polar surface area (TPSA) is 58.8 Å². The third-order valence-corrected chi connectivity index (χ3v) is 4.11. The number of benzene rings is 2. The molecule has 0 N–H and O–H groups in total. The number of fused-ring (bicyclic) bond motifs is 1. The van der Waals surface area contributed by atoms with Crippen LogP contribution in [0.5, 0.6) is 5.75 Å². The third kappa shape index (κ3) is 3.53. The number of carbonyl (C=O) groups excluding carboxylic acids is 1. The number of rotatable bonds is 3. The molecule has 1 aliphatic heterocycles. The first-order valence-electron chi connectivity index (χ1n) is 7.79. The van der Waals surface area contributed by atoms with Gasteiger partial charge in [0, 0.05) is 31.3 Å². The molecule has 0 fully saturated rings. The molecular weight excluding hydrogens is 342 g/mol. The normalized spacial score (nSPS) is 13.9. The molecule has 0 saturated carbocycles. The molecule has 0 bridgehead atoms. The molecule has 0 aromatic heterocycles. The molecule has 2 aromatic rings. The molecule has 25 heavy (non-hydrogen) atoms. The lowest BCUT2D eigenvalue weighted by Gasteiger charge is -2.28. The lowest BCUT2D eigenvalue weighted by Crippen LogP contribution is -2.39. The van der Waals surface area contributed by atoms with E-state index in [0.29, 0.717) is 40.0 Å². The molecule has 0 spiro atoms. The number of nitrogens with zero attached hydrogens (tertiary/aromatic N) is 3. The van der Waals surface area contributed by atoms with Gasteiger partial charge in [0.2, 0.25) is 11.9 Å². The van der Waals surface area contributed by atoms with Crippen molar-refractivity contribution in [2.75, 3.05) is 37.0 Å². The minimum atomic E-state index is -0.407. The molecule has 1 amide bonds. The summed E-state index contributed by atoms with van der Waals surface area (Å²) >= 11 is 5.96. The van der Waals surface area contributed by atoms with Gasteiger partial charge in [0.25, 0.3) is 0 Å².